The summed E-state index contributed by atoms with van der Waals surface area (Å²) in [5.74, 6) is -4.83. The fraction of sp³-hybridized carbons (Fsp3) is 0.419. The second kappa shape index (κ2) is 12.5. The Morgan fingerprint density at radius 2 is 1.83 bits per heavy atom. The number of amides is 1. The van der Waals surface area contributed by atoms with Crippen molar-refractivity contribution in [2.75, 3.05) is 4.90 Å². The molecule has 1 amide bonds. The summed E-state index contributed by atoms with van der Waals surface area (Å²) in [5.41, 5.74) is -1.08. The Kier molecular flexibility index (Phi) is 9.18. The quantitative estimate of drug-likeness (QED) is 0.261. The SMILES string of the molecule is CC1CCC(C(=O)N(c2cc(F)c(Oc3ncc(Cc4ccc[n+](C)c4)cc3C(F)(F)F)cc2C(=O)[O-])C(C)C)CC1. The summed E-state index contributed by atoms with van der Waals surface area (Å²) in [4.78, 5) is 30.6. The Morgan fingerprint density at radius 3 is 2.43 bits per heavy atom. The van der Waals surface area contributed by atoms with Gasteiger partial charge in [0.25, 0.3) is 0 Å². The number of rotatable bonds is 8. The number of nitrogens with zero attached hydrogens (tertiary/aromatic N) is 3. The number of hydrogen-bond donors (Lipinski definition) is 0. The Balaban J connectivity index is 1.69. The predicted molar refractivity (Wildman–Crippen MR) is 144 cm³/mol. The van der Waals surface area contributed by atoms with Gasteiger partial charge < -0.3 is 19.5 Å². The van der Waals surface area contributed by atoms with E-state index < -0.39 is 46.8 Å². The van der Waals surface area contributed by atoms with E-state index in [1.807, 2.05) is 0 Å². The third kappa shape index (κ3) is 7.06. The first-order chi connectivity index (χ1) is 19.7. The van der Waals surface area contributed by atoms with Gasteiger partial charge in [0.05, 0.1) is 11.7 Å². The van der Waals surface area contributed by atoms with Crippen LogP contribution in [0.3, 0.4) is 0 Å². The third-order valence-electron chi connectivity index (χ3n) is 7.48. The standard InChI is InChI=1S/C31H33F4N3O4/c1-18(2)38(29(39)22-9-7-19(3)8-10-22)26-15-25(32)27(14-23(26)30(40)41)42-28-24(31(33,34)35)13-21(16-36-28)12-20-6-5-11-37(4)17-20/h5-6,11,13-19,22H,7-10,12H2,1-4H3. The van der Waals surface area contributed by atoms with Gasteiger partial charge in [0.1, 0.15) is 12.6 Å². The number of anilines is 1. The van der Waals surface area contributed by atoms with Crippen LogP contribution < -0.4 is 19.3 Å². The fourth-order valence-corrected chi connectivity index (χ4v) is 5.31. The minimum Gasteiger partial charge on any atom is -0.545 e. The highest BCUT2D eigenvalue weighted by Crippen LogP contribution is 2.40. The molecule has 0 N–H and O–H groups in total. The van der Waals surface area contributed by atoms with Crippen LogP contribution in [-0.4, -0.2) is 22.9 Å². The molecule has 0 saturated heterocycles. The molecule has 4 rings (SSSR count). The monoisotopic (exact) mass is 587 g/mol. The minimum absolute atomic E-state index is 0.155. The van der Waals surface area contributed by atoms with Crippen LogP contribution in [-0.2, 0) is 24.4 Å². The minimum atomic E-state index is -4.90. The summed E-state index contributed by atoms with van der Waals surface area (Å²) in [6.45, 7) is 5.43. The summed E-state index contributed by atoms with van der Waals surface area (Å²) in [6.07, 6.45) is 2.92. The number of carbonyl (C=O) groups excluding carboxylic acids is 2. The Hall–Kier alpha value is -4.02. The van der Waals surface area contributed by atoms with Crippen LogP contribution in [0.4, 0.5) is 23.2 Å². The molecular weight excluding hydrogens is 554 g/mol. The van der Waals surface area contributed by atoms with Crippen molar-refractivity contribution < 1.29 is 41.6 Å². The topological polar surface area (TPSA) is 86.4 Å². The summed E-state index contributed by atoms with van der Waals surface area (Å²) in [5, 5.41) is 12.2. The Labute approximate surface area is 241 Å². The highest BCUT2D eigenvalue weighted by molar-refractivity contribution is 6.02. The van der Waals surface area contributed by atoms with Gasteiger partial charge >= 0.3 is 6.18 Å². The molecule has 1 aromatic carbocycles. The number of pyridine rings is 2. The zero-order valence-electron chi connectivity index (χ0n) is 23.9. The molecule has 1 saturated carbocycles. The number of carboxylic acid groups (broad SMARTS) is 1. The second-order valence-electron chi connectivity index (χ2n) is 11.2. The number of aromatic carboxylic acids is 1. The number of carboxylic acids is 1. The lowest BCUT2D eigenvalue weighted by molar-refractivity contribution is -0.671. The van der Waals surface area contributed by atoms with Crippen LogP contribution >= 0.6 is 0 Å². The number of aromatic nitrogens is 2. The highest BCUT2D eigenvalue weighted by atomic mass is 19.4. The normalized spacial score (nSPS) is 17.3. The Bertz CT molecular complexity index is 1470. The lowest BCUT2D eigenvalue weighted by Gasteiger charge is -2.35. The molecule has 42 heavy (non-hydrogen) atoms. The number of benzene rings is 1. The van der Waals surface area contributed by atoms with Crippen molar-refractivity contribution in [2.45, 2.75) is 65.1 Å². The molecule has 7 nitrogen and oxygen atoms in total. The first-order valence-electron chi connectivity index (χ1n) is 13.8. The van der Waals surface area contributed by atoms with E-state index in [0.29, 0.717) is 18.8 Å². The number of hydrogen-bond acceptors (Lipinski definition) is 5. The van der Waals surface area contributed by atoms with Crippen molar-refractivity contribution in [1.82, 2.24) is 4.98 Å². The first kappa shape index (κ1) is 30.9. The number of halogens is 4. The van der Waals surface area contributed by atoms with Gasteiger partial charge in [0.2, 0.25) is 11.8 Å². The second-order valence-corrected chi connectivity index (χ2v) is 11.2. The van der Waals surface area contributed by atoms with E-state index in [2.05, 4.69) is 11.9 Å². The van der Waals surface area contributed by atoms with Crippen LogP contribution in [0.5, 0.6) is 11.6 Å². The van der Waals surface area contributed by atoms with Crippen molar-refractivity contribution >= 4 is 17.6 Å². The first-order valence-corrected chi connectivity index (χ1v) is 13.8. The van der Waals surface area contributed by atoms with E-state index in [1.165, 1.54) is 11.1 Å². The predicted octanol–water partition coefficient (Wildman–Crippen LogP) is 5.38. The summed E-state index contributed by atoms with van der Waals surface area (Å²) in [6, 6.07) is 5.39. The van der Waals surface area contributed by atoms with Gasteiger partial charge in [-0.25, -0.2) is 13.9 Å². The molecule has 3 aromatic rings. The van der Waals surface area contributed by atoms with Crippen molar-refractivity contribution in [3.63, 3.8) is 0 Å². The molecule has 1 aliphatic rings. The lowest BCUT2D eigenvalue weighted by Crippen LogP contribution is -2.43. The molecule has 0 spiro atoms. The van der Waals surface area contributed by atoms with Crippen molar-refractivity contribution in [3.8, 4) is 11.6 Å². The van der Waals surface area contributed by atoms with Crippen LogP contribution in [0, 0.1) is 17.7 Å². The molecule has 11 heteroatoms. The van der Waals surface area contributed by atoms with E-state index in [-0.39, 0.29) is 29.5 Å². The van der Waals surface area contributed by atoms with Gasteiger partial charge in [-0.15, -0.1) is 0 Å². The van der Waals surface area contributed by atoms with Crippen LogP contribution in [0.25, 0.3) is 0 Å². The molecule has 2 aromatic heterocycles. The van der Waals surface area contributed by atoms with E-state index in [1.54, 1.807) is 50.0 Å². The molecule has 2 heterocycles. The average molecular weight is 588 g/mol. The summed E-state index contributed by atoms with van der Waals surface area (Å²) in [7, 11) is 1.78. The fourth-order valence-electron chi connectivity index (χ4n) is 5.31. The molecule has 0 aliphatic heterocycles. The zero-order valence-corrected chi connectivity index (χ0v) is 23.9. The Morgan fingerprint density at radius 1 is 1.14 bits per heavy atom. The molecule has 1 aliphatic carbocycles. The molecule has 224 valence electrons. The zero-order chi connectivity index (χ0) is 30.8. The van der Waals surface area contributed by atoms with Crippen molar-refractivity contribution in [1.29, 1.82) is 0 Å². The summed E-state index contributed by atoms with van der Waals surface area (Å²) < 4.78 is 64.5. The van der Waals surface area contributed by atoms with Gasteiger partial charge in [-0.3, -0.25) is 4.79 Å². The summed E-state index contributed by atoms with van der Waals surface area (Å²) >= 11 is 0. The largest absolute Gasteiger partial charge is 0.545 e. The molecule has 0 unspecified atom stereocenters. The van der Waals surface area contributed by atoms with Crippen molar-refractivity contribution in [2.24, 2.45) is 18.9 Å². The number of alkyl halides is 3. The maximum Gasteiger partial charge on any atom is 0.421 e. The van der Waals surface area contributed by atoms with E-state index >= 15 is 4.39 Å². The lowest BCUT2D eigenvalue weighted by atomic mass is 9.82. The maximum atomic E-state index is 15.4. The van der Waals surface area contributed by atoms with Gasteiger partial charge in [0, 0.05) is 47.8 Å². The maximum absolute atomic E-state index is 15.4. The van der Waals surface area contributed by atoms with Crippen LogP contribution in [0.15, 0.2) is 48.9 Å². The average Bonchev–Trinajstić information content (AvgIpc) is 2.90. The third-order valence-corrected chi connectivity index (χ3v) is 7.48. The van der Waals surface area contributed by atoms with E-state index in [9.17, 15) is 27.9 Å². The van der Waals surface area contributed by atoms with Gasteiger partial charge in [-0.1, -0.05) is 6.92 Å². The smallest absolute Gasteiger partial charge is 0.421 e. The van der Waals surface area contributed by atoms with Gasteiger partial charge in [-0.2, -0.15) is 13.2 Å². The number of carbonyl (C=O) groups is 2. The number of ether oxygens (including phenoxy) is 1. The van der Waals surface area contributed by atoms with Crippen LogP contribution in [0.2, 0.25) is 0 Å². The molecule has 1 fully saturated rings. The van der Waals surface area contributed by atoms with Gasteiger partial charge in [-0.05, 0) is 69.2 Å². The number of aryl methyl sites for hydroxylation is 1. The van der Waals surface area contributed by atoms with E-state index in [4.69, 9.17) is 4.74 Å². The van der Waals surface area contributed by atoms with Crippen molar-refractivity contribution in [3.05, 3.63) is 77.0 Å². The van der Waals surface area contributed by atoms with Crippen LogP contribution in [0.1, 0.15) is 73.5 Å². The molecule has 0 bridgehead atoms. The molecular formula is C31H33F4N3O4. The highest BCUT2D eigenvalue weighted by Gasteiger charge is 2.37. The molecule has 0 radical (unpaired) electrons. The molecule has 0 atom stereocenters. The van der Waals surface area contributed by atoms with Gasteiger partial charge in [0.15, 0.2) is 24.0 Å². The van der Waals surface area contributed by atoms with E-state index in [0.717, 1.165) is 36.6 Å².